The minimum Gasteiger partial charge on any atom is -0.463 e. The van der Waals surface area contributed by atoms with E-state index >= 15 is 0 Å². The zero-order valence-electron chi connectivity index (χ0n) is 18.2. The number of fused-ring (bicyclic) bond motifs is 4. The number of ketones is 1. The molecule has 0 spiro atoms. The second-order valence-electron chi connectivity index (χ2n) is 7.55. The Morgan fingerprint density at radius 3 is 2.62 bits per heavy atom. The molecule has 0 aromatic carbocycles. The highest BCUT2D eigenvalue weighted by Gasteiger charge is 2.31. The first-order chi connectivity index (χ1) is 13.9. The van der Waals surface area contributed by atoms with Crippen LogP contribution in [0, 0.1) is 11.8 Å². The molecule has 2 heterocycles. The van der Waals surface area contributed by atoms with Gasteiger partial charge in [0.05, 0.1) is 18.3 Å². The van der Waals surface area contributed by atoms with Gasteiger partial charge in [-0.05, 0) is 20.8 Å². The van der Waals surface area contributed by atoms with Crippen LogP contribution in [0.3, 0.4) is 0 Å². The smallest absolute Gasteiger partial charge is 0.316 e. The molecular weight excluding hydrogens is 376 g/mol. The Hall–Kier alpha value is -1.84. The van der Waals surface area contributed by atoms with Gasteiger partial charge in [0, 0.05) is 44.7 Å². The summed E-state index contributed by atoms with van der Waals surface area (Å²) < 4.78 is 5.23. The third kappa shape index (κ3) is 6.58. The second kappa shape index (κ2) is 11.4. The lowest BCUT2D eigenvalue weighted by Crippen LogP contribution is -2.44. The highest BCUT2D eigenvalue weighted by atomic mass is 16.7. The van der Waals surface area contributed by atoms with E-state index in [-0.39, 0.29) is 37.4 Å². The van der Waals surface area contributed by atoms with Crippen LogP contribution in [0.2, 0.25) is 0 Å². The molecule has 2 saturated heterocycles. The van der Waals surface area contributed by atoms with Gasteiger partial charge in [0.2, 0.25) is 0 Å². The van der Waals surface area contributed by atoms with Gasteiger partial charge in [0.1, 0.15) is 31.5 Å². The molecule has 2 aliphatic rings. The van der Waals surface area contributed by atoms with Gasteiger partial charge in [0.25, 0.3) is 0 Å². The monoisotopic (exact) mass is 410 g/mol. The van der Waals surface area contributed by atoms with Crippen LogP contribution in [0.5, 0.6) is 0 Å². The summed E-state index contributed by atoms with van der Waals surface area (Å²) >= 11 is 0. The lowest BCUT2D eigenvalue weighted by atomic mass is 9.98. The molecule has 0 amide bonds. The standard InChI is InChI=1S/C20H34N4O5/c1-6-28-22-17-12-23-8-7-18(25)15(3)20(26)27-9-10-29-24(13-17)16(4)19(21-5)14(2)11-23/h14-16H,6-13H2,1-5H3/b21-19?,22-17-/t14-,15?,16?/m1/s1. The number of hydroxylamine groups is 2. The number of hydrogen-bond acceptors (Lipinski definition) is 9. The Bertz CT molecular complexity index is 636. The van der Waals surface area contributed by atoms with Crippen molar-refractivity contribution in [1.29, 1.82) is 0 Å². The van der Waals surface area contributed by atoms with Crippen LogP contribution in [0.15, 0.2) is 10.1 Å². The van der Waals surface area contributed by atoms with E-state index in [0.717, 1.165) is 18.0 Å². The molecule has 9 heteroatoms. The van der Waals surface area contributed by atoms with Crippen LogP contribution >= 0.6 is 0 Å². The van der Waals surface area contributed by atoms with Crippen LogP contribution in [0.4, 0.5) is 0 Å². The number of esters is 1. The molecule has 0 aromatic rings. The van der Waals surface area contributed by atoms with Gasteiger partial charge in [-0.25, -0.2) is 0 Å². The van der Waals surface area contributed by atoms with Gasteiger partial charge in [-0.3, -0.25) is 24.3 Å². The lowest BCUT2D eigenvalue weighted by Gasteiger charge is -2.30. The van der Waals surface area contributed by atoms with Crippen LogP contribution < -0.4 is 0 Å². The zero-order chi connectivity index (χ0) is 21.4. The number of hydrogen-bond donors (Lipinski definition) is 0. The fraction of sp³-hybridized carbons (Fsp3) is 0.800. The van der Waals surface area contributed by atoms with Crippen molar-refractivity contribution in [2.75, 3.05) is 53.0 Å². The number of carbonyl (C=O) groups excluding carboxylic acids is 2. The van der Waals surface area contributed by atoms with E-state index in [1.165, 1.54) is 0 Å². The number of cyclic esters (lactones) is 1. The van der Waals surface area contributed by atoms with Gasteiger partial charge in [-0.15, -0.1) is 0 Å². The number of carbonyl (C=O) groups is 2. The maximum Gasteiger partial charge on any atom is 0.316 e. The average molecular weight is 411 g/mol. The summed E-state index contributed by atoms with van der Waals surface area (Å²) in [6, 6.07) is -0.0804. The number of oxime groups is 1. The number of Topliss-reactive ketones (excluding diaryl/α,β-unsaturated/α-hetero) is 1. The number of aliphatic imine (C=N–C) groups is 1. The Balaban J connectivity index is 2.38. The first-order valence-electron chi connectivity index (χ1n) is 10.3. The lowest BCUT2D eigenvalue weighted by molar-refractivity contribution is -0.177. The SMILES string of the molecule is CCO/N=C1/CN2CCC(=O)C(C)C(=O)OCCON(C1)C(C)C(=NC)[C@H](C)C2. The molecule has 164 valence electrons. The Kier molecular flexibility index (Phi) is 9.19. The molecular formula is C20H34N4O5. The Morgan fingerprint density at radius 2 is 1.93 bits per heavy atom. The molecule has 5 atom stereocenters. The number of nitrogens with zero attached hydrogens (tertiary/aromatic N) is 4. The second-order valence-corrected chi connectivity index (χ2v) is 7.55. The first-order valence-corrected chi connectivity index (χ1v) is 10.3. The van der Waals surface area contributed by atoms with Crippen LogP contribution in [0.1, 0.15) is 34.1 Å². The summed E-state index contributed by atoms with van der Waals surface area (Å²) in [6.45, 7) is 10.6. The molecule has 29 heavy (non-hydrogen) atoms. The van der Waals surface area contributed by atoms with Crippen molar-refractivity contribution in [2.45, 2.75) is 40.2 Å². The summed E-state index contributed by atoms with van der Waals surface area (Å²) in [4.78, 5) is 42.6. The zero-order valence-corrected chi connectivity index (χ0v) is 18.2. The Labute approximate surface area is 173 Å². The van der Waals surface area contributed by atoms with E-state index in [4.69, 9.17) is 14.4 Å². The van der Waals surface area contributed by atoms with Gasteiger partial charge in [-0.2, -0.15) is 5.06 Å². The van der Waals surface area contributed by atoms with Crippen molar-refractivity contribution in [2.24, 2.45) is 22.0 Å². The normalized spacial score (nSPS) is 35.7. The van der Waals surface area contributed by atoms with E-state index in [2.05, 4.69) is 22.0 Å². The number of ether oxygens (including phenoxy) is 1. The largest absolute Gasteiger partial charge is 0.463 e. The maximum atomic E-state index is 12.5. The van der Waals surface area contributed by atoms with E-state index in [9.17, 15) is 9.59 Å². The summed E-state index contributed by atoms with van der Waals surface area (Å²) in [7, 11) is 1.79. The molecule has 0 saturated carbocycles. The molecule has 2 bridgehead atoms. The van der Waals surface area contributed by atoms with Gasteiger partial charge in [-0.1, -0.05) is 12.1 Å². The molecule has 2 fully saturated rings. The van der Waals surface area contributed by atoms with E-state index < -0.39 is 11.9 Å². The van der Waals surface area contributed by atoms with Crippen molar-refractivity contribution in [3.8, 4) is 0 Å². The summed E-state index contributed by atoms with van der Waals surface area (Å²) in [6.07, 6.45) is 0.277. The molecule has 0 N–H and O–H groups in total. The van der Waals surface area contributed by atoms with E-state index in [0.29, 0.717) is 26.2 Å². The minimum absolute atomic E-state index is 0.0804. The van der Waals surface area contributed by atoms with E-state index in [1.54, 1.807) is 14.0 Å². The summed E-state index contributed by atoms with van der Waals surface area (Å²) in [5, 5.41) is 6.12. The summed E-state index contributed by atoms with van der Waals surface area (Å²) in [5.74, 6) is -1.23. The highest BCUT2D eigenvalue weighted by molar-refractivity contribution is 5.98. The van der Waals surface area contributed by atoms with Crippen molar-refractivity contribution in [1.82, 2.24) is 9.96 Å². The van der Waals surface area contributed by atoms with Crippen molar-refractivity contribution in [3.05, 3.63) is 0 Å². The molecule has 2 aliphatic heterocycles. The molecule has 4 unspecified atom stereocenters. The predicted octanol–water partition coefficient (Wildman–Crippen LogP) is 1.18. The van der Waals surface area contributed by atoms with E-state index in [1.807, 2.05) is 18.9 Å². The summed E-state index contributed by atoms with van der Waals surface area (Å²) in [5.41, 5.74) is 1.83. The van der Waals surface area contributed by atoms with Crippen LogP contribution in [0.25, 0.3) is 0 Å². The predicted molar refractivity (Wildman–Crippen MR) is 110 cm³/mol. The van der Waals surface area contributed by atoms with Crippen LogP contribution in [-0.4, -0.2) is 92.2 Å². The molecule has 0 radical (unpaired) electrons. The molecule has 0 aromatic heterocycles. The quantitative estimate of drug-likeness (QED) is 0.383. The van der Waals surface area contributed by atoms with Gasteiger partial charge < -0.3 is 9.57 Å². The van der Waals surface area contributed by atoms with Crippen LogP contribution in [-0.2, 0) is 24.0 Å². The van der Waals surface area contributed by atoms with Crippen molar-refractivity contribution in [3.63, 3.8) is 0 Å². The van der Waals surface area contributed by atoms with Crippen molar-refractivity contribution < 1.29 is 24.0 Å². The number of rotatable bonds is 2. The third-order valence-electron chi connectivity index (χ3n) is 5.32. The van der Waals surface area contributed by atoms with Crippen molar-refractivity contribution >= 4 is 23.2 Å². The fourth-order valence-corrected chi connectivity index (χ4v) is 3.72. The highest BCUT2D eigenvalue weighted by Crippen LogP contribution is 2.17. The molecule has 2 rings (SSSR count). The minimum atomic E-state index is -0.776. The average Bonchev–Trinajstić information content (AvgIpc) is 2.74. The molecule has 0 aliphatic carbocycles. The third-order valence-corrected chi connectivity index (χ3v) is 5.32. The first kappa shape index (κ1) is 23.4. The maximum absolute atomic E-state index is 12.5. The van der Waals surface area contributed by atoms with Gasteiger partial charge >= 0.3 is 5.97 Å². The molecule has 9 nitrogen and oxygen atoms in total. The fourth-order valence-electron chi connectivity index (χ4n) is 3.72. The Morgan fingerprint density at radius 1 is 1.17 bits per heavy atom. The van der Waals surface area contributed by atoms with Gasteiger partial charge in [0.15, 0.2) is 0 Å². The topological polar surface area (TPSA) is 93.0 Å².